The maximum absolute atomic E-state index is 5.99. The first kappa shape index (κ1) is 12.7. The second kappa shape index (κ2) is 5.74. The molecule has 2 unspecified atom stereocenters. The van der Waals surface area contributed by atoms with E-state index in [0.29, 0.717) is 24.7 Å². The fraction of sp³-hybridized carbons (Fsp3) is 0.545. The quantitative estimate of drug-likeness (QED) is 0.797. The third kappa shape index (κ3) is 2.93. The Labute approximate surface area is 105 Å². The van der Waals surface area contributed by atoms with Crippen molar-refractivity contribution in [2.75, 3.05) is 6.61 Å². The van der Waals surface area contributed by atoms with E-state index >= 15 is 0 Å². The molecule has 3 N–H and O–H groups in total. The van der Waals surface area contributed by atoms with Gasteiger partial charge in [0.05, 0.1) is 12.4 Å². The van der Waals surface area contributed by atoms with Crippen molar-refractivity contribution < 1.29 is 9.26 Å². The molecule has 0 saturated heterocycles. The van der Waals surface area contributed by atoms with E-state index in [4.69, 9.17) is 15.0 Å². The van der Waals surface area contributed by atoms with Gasteiger partial charge in [0, 0.05) is 24.9 Å². The van der Waals surface area contributed by atoms with E-state index in [-0.39, 0.29) is 12.1 Å². The minimum atomic E-state index is -0.347. The van der Waals surface area contributed by atoms with Gasteiger partial charge in [0.25, 0.3) is 0 Å². The summed E-state index contributed by atoms with van der Waals surface area (Å²) >= 11 is 0. The lowest BCUT2D eigenvalue weighted by Gasteiger charge is -2.05. The van der Waals surface area contributed by atoms with Gasteiger partial charge in [-0.05, 0) is 13.8 Å². The van der Waals surface area contributed by atoms with Crippen molar-refractivity contribution in [2.24, 2.45) is 5.73 Å². The van der Waals surface area contributed by atoms with Gasteiger partial charge in [0.15, 0.2) is 5.82 Å². The lowest BCUT2D eigenvalue weighted by molar-refractivity contribution is 0.0683. The van der Waals surface area contributed by atoms with Gasteiger partial charge in [-0.3, -0.25) is 0 Å². The summed E-state index contributed by atoms with van der Waals surface area (Å²) in [5.74, 6) is 0.929. The Balaban J connectivity index is 2.00. The van der Waals surface area contributed by atoms with Crippen LogP contribution in [0.3, 0.4) is 0 Å². The third-order valence-electron chi connectivity index (χ3n) is 2.55. The zero-order valence-corrected chi connectivity index (χ0v) is 10.5. The van der Waals surface area contributed by atoms with Crippen LogP contribution in [-0.2, 0) is 11.2 Å². The molecule has 18 heavy (non-hydrogen) atoms. The maximum Gasteiger partial charge on any atom is 0.244 e. The molecule has 0 aromatic carbocycles. The number of hydrogen-bond donors (Lipinski definition) is 2. The summed E-state index contributed by atoms with van der Waals surface area (Å²) in [5, 5.41) is 3.87. The van der Waals surface area contributed by atoms with E-state index in [2.05, 4.69) is 20.1 Å². The van der Waals surface area contributed by atoms with Crippen molar-refractivity contribution in [3.8, 4) is 0 Å². The molecule has 98 valence electrons. The fourth-order valence-corrected chi connectivity index (χ4v) is 1.61. The molecule has 7 nitrogen and oxygen atoms in total. The molecular formula is C11H17N5O2. The Kier molecular flexibility index (Phi) is 4.06. The van der Waals surface area contributed by atoms with Gasteiger partial charge in [0.2, 0.25) is 5.89 Å². The smallest absolute Gasteiger partial charge is 0.244 e. The van der Waals surface area contributed by atoms with Crippen LogP contribution in [-0.4, -0.2) is 26.7 Å². The number of imidazole rings is 1. The second-order valence-corrected chi connectivity index (χ2v) is 3.98. The minimum absolute atomic E-state index is 0.188. The van der Waals surface area contributed by atoms with Crippen LogP contribution in [0.5, 0.6) is 0 Å². The van der Waals surface area contributed by atoms with Crippen molar-refractivity contribution in [1.29, 1.82) is 0 Å². The standard InChI is InChI=1S/C11H17N5O2/c1-3-17-7(2)10-15-11(18-16-10)9(12)4-8-5-13-6-14-8/h5-7,9H,3-4,12H2,1-2H3,(H,13,14). The van der Waals surface area contributed by atoms with Gasteiger partial charge in [-0.1, -0.05) is 5.16 Å². The zero-order valence-electron chi connectivity index (χ0n) is 10.5. The number of H-pyrrole nitrogens is 1. The van der Waals surface area contributed by atoms with E-state index in [1.165, 1.54) is 0 Å². The first-order chi connectivity index (χ1) is 8.70. The first-order valence-corrected chi connectivity index (χ1v) is 5.88. The summed E-state index contributed by atoms with van der Waals surface area (Å²) in [6.07, 6.45) is 3.72. The molecule has 0 bridgehead atoms. The first-order valence-electron chi connectivity index (χ1n) is 5.88. The molecular weight excluding hydrogens is 234 g/mol. The highest BCUT2D eigenvalue weighted by Gasteiger charge is 2.19. The Morgan fingerprint density at radius 1 is 1.56 bits per heavy atom. The average molecular weight is 251 g/mol. The molecule has 0 amide bonds. The number of nitrogens with two attached hydrogens (primary N) is 1. The van der Waals surface area contributed by atoms with Crippen molar-refractivity contribution in [2.45, 2.75) is 32.4 Å². The van der Waals surface area contributed by atoms with Gasteiger partial charge in [-0.15, -0.1) is 0 Å². The third-order valence-corrected chi connectivity index (χ3v) is 2.55. The van der Waals surface area contributed by atoms with Crippen molar-refractivity contribution in [3.05, 3.63) is 29.9 Å². The molecule has 0 aliphatic heterocycles. The number of nitrogens with one attached hydrogen (secondary N) is 1. The monoisotopic (exact) mass is 251 g/mol. The molecule has 2 rings (SSSR count). The predicted molar refractivity (Wildman–Crippen MR) is 63.6 cm³/mol. The van der Waals surface area contributed by atoms with Crippen LogP contribution in [0.15, 0.2) is 17.0 Å². The van der Waals surface area contributed by atoms with Crippen LogP contribution >= 0.6 is 0 Å². The van der Waals surface area contributed by atoms with Gasteiger partial charge in [-0.25, -0.2) is 4.98 Å². The summed E-state index contributed by atoms with van der Waals surface area (Å²) in [7, 11) is 0. The van der Waals surface area contributed by atoms with Crippen LogP contribution < -0.4 is 5.73 Å². The topological polar surface area (TPSA) is 103 Å². The normalized spacial score (nSPS) is 14.6. The van der Waals surface area contributed by atoms with E-state index in [9.17, 15) is 0 Å². The highest BCUT2D eigenvalue weighted by Crippen LogP contribution is 2.17. The van der Waals surface area contributed by atoms with Crippen LogP contribution in [0.4, 0.5) is 0 Å². The molecule has 2 atom stereocenters. The van der Waals surface area contributed by atoms with Crippen molar-refractivity contribution in [3.63, 3.8) is 0 Å². The molecule has 0 aliphatic carbocycles. The second-order valence-electron chi connectivity index (χ2n) is 3.98. The Hall–Kier alpha value is -1.73. The van der Waals surface area contributed by atoms with E-state index < -0.39 is 0 Å². The van der Waals surface area contributed by atoms with E-state index in [1.807, 2.05) is 13.8 Å². The number of rotatable bonds is 6. The molecule has 0 saturated carbocycles. The largest absolute Gasteiger partial charge is 0.371 e. The molecule has 7 heteroatoms. The summed E-state index contributed by atoms with van der Waals surface area (Å²) in [6.45, 7) is 4.39. The summed E-state index contributed by atoms with van der Waals surface area (Å²) in [5.41, 5.74) is 6.92. The van der Waals surface area contributed by atoms with Gasteiger partial charge in [-0.2, -0.15) is 4.98 Å². The number of aromatic nitrogens is 4. The Morgan fingerprint density at radius 3 is 3.06 bits per heavy atom. The highest BCUT2D eigenvalue weighted by atomic mass is 16.5. The van der Waals surface area contributed by atoms with Crippen LogP contribution in [0.25, 0.3) is 0 Å². The lowest BCUT2D eigenvalue weighted by atomic mass is 10.2. The van der Waals surface area contributed by atoms with Crippen LogP contribution in [0, 0.1) is 0 Å². The number of aromatic amines is 1. The molecule has 2 aromatic rings. The number of nitrogens with zero attached hydrogens (tertiary/aromatic N) is 3. The maximum atomic E-state index is 5.99. The Morgan fingerprint density at radius 2 is 2.39 bits per heavy atom. The minimum Gasteiger partial charge on any atom is -0.371 e. The lowest BCUT2D eigenvalue weighted by Crippen LogP contribution is -2.14. The van der Waals surface area contributed by atoms with Crippen LogP contribution in [0.1, 0.15) is 43.4 Å². The van der Waals surface area contributed by atoms with Crippen molar-refractivity contribution in [1.82, 2.24) is 20.1 Å². The SMILES string of the molecule is CCOC(C)c1noc(C(N)Cc2cnc[nH]2)n1. The fourth-order valence-electron chi connectivity index (χ4n) is 1.61. The summed E-state index contributed by atoms with van der Waals surface area (Å²) in [4.78, 5) is 11.2. The predicted octanol–water partition coefficient (Wildman–Crippen LogP) is 1.13. The average Bonchev–Trinajstić information content (AvgIpc) is 2.99. The molecule has 0 spiro atoms. The van der Waals surface area contributed by atoms with Gasteiger partial charge in [0.1, 0.15) is 6.10 Å². The zero-order chi connectivity index (χ0) is 13.0. The molecule has 2 heterocycles. The number of hydrogen-bond acceptors (Lipinski definition) is 6. The van der Waals surface area contributed by atoms with E-state index in [0.717, 1.165) is 5.69 Å². The van der Waals surface area contributed by atoms with E-state index in [1.54, 1.807) is 12.5 Å². The number of ether oxygens (including phenoxy) is 1. The van der Waals surface area contributed by atoms with Gasteiger partial charge >= 0.3 is 0 Å². The molecule has 0 fully saturated rings. The van der Waals surface area contributed by atoms with Gasteiger partial charge < -0.3 is 20.0 Å². The summed E-state index contributed by atoms with van der Waals surface area (Å²) in [6, 6.07) is -0.347. The summed E-state index contributed by atoms with van der Waals surface area (Å²) < 4.78 is 10.5. The highest BCUT2D eigenvalue weighted by molar-refractivity contribution is 5.02. The molecule has 0 aliphatic rings. The Bertz CT molecular complexity index is 467. The molecule has 2 aromatic heterocycles. The molecule has 0 radical (unpaired) electrons. The van der Waals surface area contributed by atoms with Crippen molar-refractivity contribution >= 4 is 0 Å². The van der Waals surface area contributed by atoms with Crippen LogP contribution in [0.2, 0.25) is 0 Å².